The highest BCUT2D eigenvalue weighted by atomic mass is 79.9. The number of hydrogen-bond donors (Lipinski definition) is 2. The minimum absolute atomic E-state index is 0.0980. The van der Waals surface area contributed by atoms with E-state index in [4.69, 9.17) is 4.74 Å². The molecule has 3 rings (SSSR count). The van der Waals surface area contributed by atoms with Crippen LogP contribution in [0, 0.1) is 0 Å². The van der Waals surface area contributed by atoms with E-state index in [0.717, 1.165) is 36.2 Å². The molecule has 1 aromatic heterocycles. The van der Waals surface area contributed by atoms with Gasteiger partial charge in [-0.15, -0.1) is 5.10 Å². The second-order valence-electron chi connectivity index (χ2n) is 5.99. The summed E-state index contributed by atoms with van der Waals surface area (Å²) in [4.78, 5) is 18.5. The quantitative estimate of drug-likeness (QED) is 0.687. The topological polar surface area (TPSA) is 83.1 Å². The number of rotatable bonds is 7. The zero-order valence-corrected chi connectivity index (χ0v) is 15.6. The van der Waals surface area contributed by atoms with Crippen molar-refractivity contribution in [3.63, 3.8) is 0 Å². The maximum absolute atomic E-state index is 12.0. The summed E-state index contributed by atoms with van der Waals surface area (Å²) in [6.45, 7) is 2.43. The molecule has 1 fully saturated rings. The van der Waals surface area contributed by atoms with Gasteiger partial charge in [0.05, 0.1) is 6.61 Å². The number of piperidine rings is 1. The van der Waals surface area contributed by atoms with E-state index in [2.05, 4.69) is 41.3 Å². The van der Waals surface area contributed by atoms with Crippen LogP contribution in [0.1, 0.15) is 32.1 Å². The van der Waals surface area contributed by atoms with Crippen molar-refractivity contribution in [1.29, 1.82) is 0 Å². The molecule has 0 saturated carbocycles. The third-order valence-electron chi connectivity index (χ3n) is 3.98. The third-order valence-corrected chi connectivity index (χ3v) is 4.48. The summed E-state index contributed by atoms with van der Waals surface area (Å²) < 4.78 is 6.59. The number of aromatic nitrogens is 3. The molecule has 0 aliphatic carbocycles. The fourth-order valence-corrected chi connectivity index (χ4v) is 3.10. The second kappa shape index (κ2) is 8.84. The summed E-state index contributed by atoms with van der Waals surface area (Å²) >= 11 is 3.40. The molecule has 0 radical (unpaired) electrons. The summed E-state index contributed by atoms with van der Waals surface area (Å²) in [6, 6.07) is 7.64. The highest BCUT2D eigenvalue weighted by Gasteiger charge is 2.16. The number of anilines is 2. The van der Waals surface area contributed by atoms with Gasteiger partial charge in [-0.3, -0.25) is 10.1 Å². The van der Waals surface area contributed by atoms with Crippen molar-refractivity contribution < 1.29 is 9.53 Å². The van der Waals surface area contributed by atoms with Crippen molar-refractivity contribution in [3.05, 3.63) is 28.7 Å². The van der Waals surface area contributed by atoms with Crippen LogP contribution in [0.5, 0.6) is 5.75 Å². The fraction of sp³-hybridized carbons (Fsp3) is 0.471. The van der Waals surface area contributed by atoms with Gasteiger partial charge >= 0.3 is 0 Å². The van der Waals surface area contributed by atoms with Crippen LogP contribution in [0.15, 0.2) is 28.7 Å². The van der Waals surface area contributed by atoms with E-state index in [1.807, 2.05) is 24.3 Å². The number of ether oxygens (including phenoxy) is 1. The van der Waals surface area contributed by atoms with Crippen LogP contribution in [0.4, 0.5) is 11.9 Å². The van der Waals surface area contributed by atoms with E-state index in [0.29, 0.717) is 31.3 Å². The molecule has 1 aromatic carbocycles. The molecule has 2 heterocycles. The van der Waals surface area contributed by atoms with Crippen LogP contribution in [-0.2, 0) is 4.79 Å². The Morgan fingerprint density at radius 2 is 2.16 bits per heavy atom. The van der Waals surface area contributed by atoms with Crippen molar-refractivity contribution in [2.24, 2.45) is 0 Å². The molecule has 2 aromatic rings. The van der Waals surface area contributed by atoms with Crippen LogP contribution in [0.2, 0.25) is 0 Å². The summed E-state index contributed by atoms with van der Waals surface area (Å²) in [5.74, 6) is 1.75. The minimum atomic E-state index is -0.0980. The average molecular weight is 408 g/mol. The zero-order chi connectivity index (χ0) is 17.5. The number of amides is 1. The lowest BCUT2D eigenvalue weighted by atomic mass is 10.1. The summed E-state index contributed by atoms with van der Waals surface area (Å²) in [5.41, 5.74) is 0. The van der Waals surface area contributed by atoms with E-state index >= 15 is 0 Å². The van der Waals surface area contributed by atoms with Gasteiger partial charge in [-0.2, -0.15) is 4.98 Å². The molecule has 1 saturated heterocycles. The normalized spacial score (nSPS) is 14.4. The monoisotopic (exact) mass is 407 g/mol. The first-order valence-electron chi connectivity index (χ1n) is 8.56. The van der Waals surface area contributed by atoms with Crippen molar-refractivity contribution in [2.75, 3.05) is 29.9 Å². The molecule has 1 aliphatic heterocycles. The number of hydrogen-bond acceptors (Lipinski definition) is 5. The molecule has 7 nitrogen and oxygen atoms in total. The van der Waals surface area contributed by atoms with Crippen molar-refractivity contribution in [1.82, 2.24) is 15.2 Å². The molecular weight excluding hydrogens is 386 g/mol. The fourth-order valence-electron chi connectivity index (χ4n) is 2.72. The maximum atomic E-state index is 12.0. The summed E-state index contributed by atoms with van der Waals surface area (Å²) in [5, 5.41) is 9.72. The number of nitrogens with zero attached hydrogens (tertiary/aromatic N) is 3. The van der Waals surface area contributed by atoms with Gasteiger partial charge in [0.25, 0.3) is 0 Å². The standard InChI is InChI=1S/C17H22BrN5O2/c18-13-6-4-7-14(12-13)25-11-5-8-15(24)19-16-20-17(22-21-16)23-9-2-1-3-10-23/h4,6-7,12H,1-3,5,8-11H2,(H2,19,20,21,22,24). The molecule has 0 atom stereocenters. The van der Waals surface area contributed by atoms with E-state index < -0.39 is 0 Å². The smallest absolute Gasteiger partial charge is 0.246 e. The molecule has 134 valence electrons. The highest BCUT2D eigenvalue weighted by Crippen LogP contribution is 2.18. The van der Waals surface area contributed by atoms with Gasteiger partial charge in [0, 0.05) is 24.0 Å². The number of nitrogens with one attached hydrogen (secondary N) is 2. The first-order valence-corrected chi connectivity index (χ1v) is 9.35. The van der Waals surface area contributed by atoms with Crippen LogP contribution in [0.25, 0.3) is 0 Å². The first kappa shape index (κ1) is 17.7. The Kier molecular flexibility index (Phi) is 6.27. The van der Waals surface area contributed by atoms with Gasteiger partial charge in [0.15, 0.2) is 0 Å². The number of benzene rings is 1. The average Bonchev–Trinajstić information content (AvgIpc) is 3.08. The lowest BCUT2D eigenvalue weighted by Crippen LogP contribution is -2.30. The van der Waals surface area contributed by atoms with E-state index in [-0.39, 0.29) is 5.91 Å². The van der Waals surface area contributed by atoms with Gasteiger partial charge in [-0.1, -0.05) is 22.0 Å². The summed E-state index contributed by atoms with van der Waals surface area (Å²) in [6.07, 6.45) is 4.58. The Labute approximate surface area is 155 Å². The van der Waals surface area contributed by atoms with E-state index in [9.17, 15) is 4.79 Å². The largest absolute Gasteiger partial charge is 0.494 e. The van der Waals surface area contributed by atoms with Crippen molar-refractivity contribution >= 4 is 33.7 Å². The van der Waals surface area contributed by atoms with Crippen molar-refractivity contribution in [2.45, 2.75) is 32.1 Å². The lowest BCUT2D eigenvalue weighted by molar-refractivity contribution is -0.116. The van der Waals surface area contributed by atoms with Gasteiger partial charge < -0.3 is 9.64 Å². The molecule has 1 aliphatic rings. The molecular formula is C17H22BrN5O2. The Morgan fingerprint density at radius 3 is 2.96 bits per heavy atom. The SMILES string of the molecule is O=C(CCCOc1cccc(Br)c1)Nc1nc(N2CCCCC2)n[nH]1. The second-order valence-corrected chi connectivity index (χ2v) is 6.90. The van der Waals surface area contributed by atoms with Crippen molar-refractivity contribution in [3.8, 4) is 5.75 Å². The third kappa shape index (κ3) is 5.45. The van der Waals surface area contributed by atoms with Gasteiger partial charge in [0.2, 0.25) is 17.8 Å². The molecule has 2 N–H and O–H groups in total. The van der Waals surface area contributed by atoms with Crippen LogP contribution >= 0.6 is 15.9 Å². The van der Waals surface area contributed by atoms with E-state index in [1.54, 1.807) is 0 Å². The molecule has 1 amide bonds. The molecule has 0 spiro atoms. The highest BCUT2D eigenvalue weighted by molar-refractivity contribution is 9.10. The number of halogens is 1. The predicted octanol–water partition coefficient (Wildman–Crippen LogP) is 3.36. The number of carbonyl (C=O) groups excluding carboxylic acids is 1. The molecule has 25 heavy (non-hydrogen) atoms. The van der Waals surface area contributed by atoms with Crippen LogP contribution in [-0.4, -0.2) is 40.8 Å². The Balaban J connectivity index is 1.38. The summed E-state index contributed by atoms with van der Waals surface area (Å²) in [7, 11) is 0. The molecule has 0 unspecified atom stereocenters. The van der Waals surface area contributed by atoms with Gasteiger partial charge in [-0.05, 0) is 43.9 Å². The molecule has 8 heteroatoms. The van der Waals surface area contributed by atoms with Crippen LogP contribution in [0.3, 0.4) is 0 Å². The predicted molar refractivity (Wildman–Crippen MR) is 99.9 cm³/mol. The van der Waals surface area contributed by atoms with E-state index in [1.165, 1.54) is 6.42 Å². The molecule has 0 bridgehead atoms. The Morgan fingerprint density at radius 1 is 1.32 bits per heavy atom. The minimum Gasteiger partial charge on any atom is -0.494 e. The number of H-pyrrole nitrogens is 1. The van der Waals surface area contributed by atoms with Crippen LogP contribution < -0.4 is 15.0 Å². The Hall–Kier alpha value is -2.09. The Bertz CT molecular complexity index is 700. The lowest BCUT2D eigenvalue weighted by Gasteiger charge is -2.24. The number of carbonyl (C=O) groups is 1. The first-order chi connectivity index (χ1) is 12.2. The van der Waals surface area contributed by atoms with Gasteiger partial charge in [-0.25, -0.2) is 5.10 Å². The van der Waals surface area contributed by atoms with Gasteiger partial charge in [0.1, 0.15) is 5.75 Å². The maximum Gasteiger partial charge on any atom is 0.246 e. The number of aromatic amines is 1. The zero-order valence-electron chi connectivity index (χ0n) is 14.0.